The standard InChI is InChI=1S/C9H7F3O9/c1-2(13)21-7(20)8(5(16)17,6(18)19)3(4(14)15)9(10,11)12/h3H,1H3,(H,14,15)(H,16,17)(H,18,19). The molecule has 0 aromatic rings. The van der Waals surface area contributed by atoms with E-state index in [0.29, 0.717) is 6.92 Å². The van der Waals surface area contributed by atoms with Crippen molar-refractivity contribution in [2.45, 2.75) is 13.1 Å². The molecule has 3 N–H and O–H groups in total. The Bertz CT molecular complexity index is 493. The lowest BCUT2D eigenvalue weighted by Gasteiger charge is -2.29. The second kappa shape index (κ2) is 5.76. The van der Waals surface area contributed by atoms with Gasteiger partial charge in [-0.3, -0.25) is 19.2 Å². The van der Waals surface area contributed by atoms with Crippen LogP contribution in [0.1, 0.15) is 6.92 Å². The molecule has 0 aliphatic rings. The maximum Gasteiger partial charge on any atom is 0.404 e. The van der Waals surface area contributed by atoms with Gasteiger partial charge in [0.05, 0.1) is 0 Å². The number of halogens is 3. The second-order valence-corrected chi connectivity index (χ2v) is 3.61. The third kappa shape index (κ3) is 3.27. The fourth-order valence-electron chi connectivity index (χ4n) is 1.41. The molecule has 0 aliphatic heterocycles. The highest BCUT2D eigenvalue weighted by Crippen LogP contribution is 2.42. The summed E-state index contributed by atoms with van der Waals surface area (Å²) in [5.41, 5.74) is -4.56. The van der Waals surface area contributed by atoms with Gasteiger partial charge in [-0.25, -0.2) is 4.79 Å². The molecule has 1 unspecified atom stereocenters. The Morgan fingerprint density at radius 3 is 1.52 bits per heavy atom. The number of hydrogen-bond acceptors (Lipinski definition) is 6. The van der Waals surface area contributed by atoms with Crippen LogP contribution in [0.3, 0.4) is 0 Å². The minimum atomic E-state index is -5.92. The summed E-state index contributed by atoms with van der Waals surface area (Å²) in [6, 6.07) is 0. The summed E-state index contributed by atoms with van der Waals surface area (Å²) in [5, 5.41) is 25.9. The topological polar surface area (TPSA) is 155 Å². The van der Waals surface area contributed by atoms with E-state index in [1.165, 1.54) is 0 Å². The molecule has 1 atom stereocenters. The van der Waals surface area contributed by atoms with E-state index in [-0.39, 0.29) is 0 Å². The Hall–Kier alpha value is -2.66. The zero-order valence-corrected chi connectivity index (χ0v) is 10.0. The third-order valence-electron chi connectivity index (χ3n) is 2.24. The average molecular weight is 316 g/mol. The highest BCUT2D eigenvalue weighted by molar-refractivity contribution is 6.20. The van der Waals surface area contributed by atoms with Gasteiger partial charge in [0.15, 0.2) is 5.92 Å². The van der Waals surface area contributed by atoms with Crippen LogP contribution >= 0.6 is 0 Å². The van der Waals surface area contributed by atoms with E-state index < -0.39 is 47.4 Å². The molecule has 9 nitrogen and oxygen atoms in total. The summed E-state index contributed by atoms with van der Waals surface area (Å²) in [6.07, 6.45) is -5.92. The highest BCUT2D eigenvalue weighted by Gasteiger charge is 2.72. The molecule has 12 heteroatoms. The number of ether oxygens (including phenoxy) is 1. The maximum absolute atomic E-state index is 12.7. The number of hydrogen-bond donors (Lipinski definition) is 3. The molecule has 0 saturated carbocycles. The molecule has 0 fully saturated rings. The Morgan fingerprint density at radius 1 is 0.952 bits per heavy atom. The second-order valence-electron chi connectivity index (χ2n) is 3.61. The molecular formula is C9H7F3O9. The Labute approximate surface area is 112 Å². The Kier molecular flexibility index (Phi) is 5.03. The van der Waals surface area contributed by atoms with Crippen molar-refractivity contribution in [2.24, 2.45) is 11.3 Å². The molecule has 21 heavy (non-hydrogen) atoms. The van der Waals surface area contributed by atoms with Gasteiger partial charge in [0.1, 0.15) is 0 Å². The zero-order chi connectivity index (χ0) is 17.2. The zero-order valence-electron chi connectivity index (χ0n) is 10.0. The van der Waals surface area contributed by atoms with E-state index in [9.17, 15) is 37.1 Å². The van der Waals surface area contributed by atoms with E-state index in [1.807, 2.05) is 0 Å². The number of carbonyl (C=O) groups is 5. The van der Waals surface area contributed by atoms with E-state index >= 15 is 0 Å². The summed E-state index contributed by atoms with van der Waals surface area (Å²) in [4.78, 5) is 54.4. The van der Waals surface area contributed by atoms with Gasteiger partial charge >= 0.3 is 36.0 Å². The van der Waals surface area contributed by atoms with Crippen LogP contribution in [0.15, 0.2) is 0 Å². The highest BCUT2D eigenvalue weighted by atomic mass is 19.4. The van der Waals surface area contributed by atoms with Gasteiger partial charge in [0.2, 0.25) is 0 Å². The molecule has 0 aromatic carbocycles. The SMILES string of the molecule is CC(=O)OC(=O)C(C(=O)O)(C(=O)O)C(C(=O)O)C(F)(F)F. The van der Waals surface area contributed by atoms with Crippen LogP contribution in [-0.2, 0) is 28.7 Å². The lowest BCUT2D eigenvalue weighted by Crippen LogP contribution is -2.59. The first-order valence-corrected chi connectivity index (χ1v) is 4.78. The van der Waals surface area contributed by atoms with Crippen molar-refractivity contribution in [3.05, 3.63) is 0 Å². The molecule has 0 amide bonds. The lowest BCUT2D eigenvalue weighted by atomic mass is 9.74. The van der Waals surface area contributed by atoms with Gasteiger partial charge in [0, 0.05) is 6.92 Å². The molecule has 0 spiro atoms. The molecule has 0 heterocycles. The first-order chi connectivity index (χ1) is 9.29. The summed E-state index contributed by atoms with van der Waals surface area (Å²) >= 11 is 0. The van der Waals surface area contributed by atoms with E-state index in [1.54, 1.807) is 0 Å². The predicted octanol–water partition coefficient (Wildman–Crippen LogP) is -0.505. The monoisotopic (exact) mass is 316 g/mol. The number of esters is 2. The largest absolute Gasteiger partial charge is 0.481 e. The quantitative estimate of drug-likeness (QED) is 0.449. The van der Waals surface area contributed by atoms with Crippen LogP contribution in [0.25, 0.3) is 0 Å². The number of rotatable bonds is 5. The summed E-state index contributed by atoms with van der Waals surface area (Å²) in [5.74, 6) is -17.3. The van der Waals surface area contributed by atoms with E-state index in [4.69, 9.17) is 15.3 Å². The van der Waals surface area contributed by atoms with E-state index in [2.05, 4.69) is 4.74 Å². The van der Waals surface area contributed by atoms with Crippen molar-refractivity contribution in [1.29, 1.82) is 0 Å². The van der Waals surface area contributed by atoms with Crippen molar-refractivity contribution in [2.75, 3.05) is 0 Å². The number of aliphatic carboxylic acids is 3. The minimum absolute atomic E-state index is 0.482. The number of carboxylic acid groups (broad SMARTS) is 3. The number of carboxylic acids is 3. The van der Waals surface area contributed by atoms with Gasteiger partial charge < -0.3 is 20.1 Å². The molecule has 118 valence electrons. The van der Waals surface area contributed by atoms with Gasteiger partial charge in [-0.2, -0.15) is 13.2 Å². The van der Waals surface area contributed by atoms with Gasteiger partial charge in [0.25, 0.3) is 5.41 Å². The lowest BCUT2D eigenvalue weighted by molar-refractivity contribution is -0.231. The molecular weight excluding hydrogens is 309 g/mol. The summed E-state index contributed by atoms with van der Waals surface area (Å²) in [7, 11) is 0. The molecule has 0 rings (SSSR count). The normalized spacial score (nSPS) is 13.1. The summed E-state index contributed by atoms with van der Waals surface area (Å²) in [6.45, 7) is 0.482. The van der Waals surface area contributed by atoms with Crippen LogP contribution in [-0.4, -0.2) is 51.3 Å². The van der Waals surface area contributed by atoms with Gasteiger partial charge in [-0.1, -0.05) is 0 Å². The fourth-order valence-corrected chi connectivity index (χ4v) is 1.41. The third-order valence-corrected chi connectivity index (χ3v) is 2.24. The summed E-state index contributed by atoms with van der Waals surface area (Å²) < 4.78 is 41.6. The number of carbonyl (C=O) groups excluding carboxylic acids is 2. The van der Waals surface area contributed by atoms with Crippen LogP contribution in [0.4, 0.5) is 13.2 Å². The maximum atomic E-state index is 12.7. The van der Waals surface area contributed by atoms with Crippen molar-refractivity contribution in [1.82, 2.24) is 0 Å². The predicted molar refractivity (Wildman–Crippen MR) is 51.7 cm³/mol. The smallest absolute Gasteiger partial charge is 0.404 e. The van der Waals surface area contributed by atoms with Crippen LogP contribution in [0, 0.1) is 11.3 Å². The van der Waals surface area contributed by atoms with Crippen LogP contribution < -0.4 is 0 Å². The van der Waals surface area contributed by atoms with Crippen molar-refractivity contribution < 1.29 is 57.2 Å². The molecule has 0 saturated heterocycles. The van der Waals surface area contributed by atoms with E-state index in [0.717, 1.165) is 0 Å². The first-order valence-electron chi connectivity index (χ1n) is 4.78. The molecule has 0 radical (unpaired) electrons. The minimum Gasteiger partial charge on any atom is -0.481 e. The van der Waals surface area contributed by atoms with Crippen LogP contribution in [0.2, 0.25) is 0 Å². The van der Waals surface area contributed by atoms with Gasteiger partial charge in [-0.15, -0.1) is 0 Å². The average Bonchev–Trinajstić information content (AvgIpc) is 2.20. The van der Waals surface area contributed by atoms with Crippen molar-refractivity contribution in [3.8, 4) is 0 Å². The first kappa shape index (κ1) is 18.3. The fraction of sp³-hybridized carbons (Fsp3) is 0.444. The van der Waals surface area contributed by atoms with Crippen molar-refractivity contribution >= 4 is 29.8 Å². The molecule has 0 aliphatic carbocycles. The van der Waals surface area contributed by atoms with Gasteiger partial charge in [-0.05, 0) is 0 Å². The van der Waals surface area contributed by atoms with Crippen LogP contribution in [0.5, 0.6) is 0 Å². The number of alkyl halides is 3. The Morgan fingerprint density at radius 2 is 1.33 bits per heavy atom. The Balaban J connectivity index is 6.45. The molecule has 0 bridgehead atoms. The van der Waals surface area contributed by atoms with Crippen molar-refractivity contribution in [3.63, 3.8) is 0 Å². The molecule has 0 aromatic heterocycles.